The summed E-state index contributed by atoms with van der Waals surface area (Å²) >= 11 is 0. The number of hydrogen-bond donors (Lipinski definition) is 1. The van der Waals surface area contributed by atoms with Crippen molar-refractivity contribution in [1.82, 2.24) is 10.2 Å². The van der Waals surface area contributed by atoms with Gasteiger partial charge in [-0.15, -0.1) is 0 Å². The molecule has 1 saturated heterocycles. The summed E-state index contributed by atoms with van der Waals surface area (Å²) in [5.74, 6) is -0.182. The predicted octanol–water partition coefficient (Wildman–Crippen LogP) is 3.63. The van der Waals surface area contributed by atoms with Gasteiger partial charge in [-0.25, -0.2) is 4.79 Å². The molecular formula is C19H24N6O3. The van der Waals surface area contributed by atoms with E-state index in [1.54, 1.807) is 6.07 Å². The summed E-state index contributed by atoms with van der Waals surface area (Å²) in [6.45, 7) is 4.42. The van der Waals surface area contributed by atoms with Crippen molar-refractivity contribution >= 4 is 29.1 Å². The summed E-state index contributed by atoms with van der Waals surface area (Å²) in [5, 5.41) is 6.30. The molecule has 9 nitrogen and oxygen atoms in total. The van der Waals surface area contributed by atoms with Crippen LogP contribution in [0.25, 0.3) is 10.4 Å². The Morgan fingerprint density at radius 1 is 1.43 bits per heavy atom. The zero-order chi connectivity index (χ0) is 20.3. The average Bonchev–Trinajstić information content (AvgIpc) is 3.31. The number of aliphatic imine (C=N–C) groups is 1. The summed E-state index contributed by atoms with van der Waals surface area (Å²) < 4.78 is 4.66. The van der Waals surface area contributed by atoms with Crippen molar-refractivity contribution < 1.29 is 14.3 Å². The highest BCUT2D eigenvalue weighted by Gasteiger charge is 2.38. The Balaban J connectivity index is 1.78. The van der Waals surface area contributed by atoms with Gasteiger partial charge in [-0.05, 0) is 42.0 Å². The number of amides is 2. The molecule has 1 aromatic rings. The molecule has 0 unspecified atom stereocenters. The van der Waals surface area contributed by atoms with Gasteiger partial charge >= 0.3 is 6.09 Å². The van der Waals surface area contributed by atoms with Crippen LogP contribution in [0.1, 0.15) is 32.3 Å². The Morgan fingerprint density at radius 2 is 2.21 bits per heavy atom. The lowest BCUT2D eigenvalue weighted by atomic mass is 10.00. The average molecular weight is 384 g/mol. The van der Waals surface area contributed by atoms with E-state index in [4.69, 9.17) is 10.5 Å². The zero-order valence-electron chi connectivity index (χ0n) is 16.3. The maximum absolute atomic E-state index is 13.2. The molecule has 148 valence electrons. The van der Waals surface area contributed by atoms with Gasteiger partial charge in [0.1, 0.15) is 6.04 Å². The molecule has 2 aliphatic rings. The maximum atomic E-state index is 13.2. The fraction of sp³-hybridized carbons (Fsp3) is 0.526. The first kappa shape index (κ1) is 19.7. The van der Waals surface area contributed by atoms with E-state index < -0.39 is 12.1 Å². The molecular weight excluding hydrogens is 360 g/mol. The highest BCUT2D eigenvalue weighted by atomic mass is 16.5. The predicted molar refractivity (Wildman–Crippen MR) is 105 cm³/mol. The van der Waals surface area contributed by atoms with Crippen molar-refractivity contribution in [3.05, 3.63) is 34.2 Å². The Bertz CT molecular complexity index is 859. The van der Waals surface area contributed by atoms with Crippen LogP contribution in [0.15, 0.2) is 28.3 Å². The van der Waals surface area contributed by atoms with Gasteiger partial charge in [-0.1, -0.05) is 25.0 Å². The minimum Gasteiger partial charge on any atom is -0.453 e. The van der Waals surface area contributed by atoms with Gasteiger partial charge in [-0.2, -0.15) is 0 Å². The van der Waals surface area contributed by atoms with Crippen molar-refractivity contribution in [3.63, 3.8) is 0 Å². The number of fused-ring (bicyclic) bond motifs is 1. The Labute approximate surface area is 163 Å². The fourth-order valence-corrected chi connectivity index (χ4v) is 3.77. The lowest BCUT2D eigenvalue weighted by Crippen LogP contribution is -2.53. The third-order valence-electron chi connectivity index (χ3n) is 5.17. The summed E-state index contributed by atoms with van der Waals surface area (Å²) in [7, 11) is 1.28. The van der Waals surface area contributed by atoms with E-state index in [9.17, 15) is 9.59 Å². The van der Waals surface area contributed by atoms with Crippen LogP contribution in [0.2, 0.25) is 0 Å². The number of methoxy groups -OCH3 is 1. The minimum absolute atomic E-state index is 0.0676. The molecule has 0 saturated carbocycles. The first-order valence-corrected chi connectivity index (χ1v) is 9.35. The standard InChI is InChI=1S/C19H24N6O3/c1-11(2)17(22-19(27)28-3)18(26)25-8-4-5-16(25)15-10-12-9-13(23-24-20)6-7-14(12)21-15/h6-7,9,11,16-17H,4-5,8,10H2,1-3H3,(H,22,27)/t16-,17-/m0/s1. The first-order valence-electron chi connectivity index (χ1n) is 9.35. The molecule has 0 aromatic heterocycles. The van der Waals surface area contributed by atoms with Crippen molar-refractivity contribution in [3.8, 4) is 0 Å². The number of hydrogen-bond acceptors (Lipinski definition) is 5. The van der Waals surface area contributed by atoms with Crippen LogP contribution in [-0.2, 0) is 16.0 Å². The molecule has 2 atom stereocenters. The van der Waals surface area contributed by atoms with Gasteiger partial charge in [0.25, 0.3) is 0 Å². The van der Waals surface area contributed by atoms with E-state index >= 15 is 0 Å². The number of alkyl carbamates (subject to hydrolysis) is 1. The molecule has 3 rings (SSSR count). The number of nitrogens with one attached hydrogen (secondary N) is 1. The Kier molecular flexibility index (Phi) is 5.84. The van der Waals surface area contributed by atoms with Gasteiger partial charge in [0.05, 0.1) is 18.8 Å². The summed E-state index contributed by atoms with van der Waals surface area (Å²) in [6.07, 6.45) is 1.73. The monoisotopic (exact) mass is 384 g/mol. The van der Waals surface area contributed by atoms with E-state index in [0.29, 0.717) is 18.7 Å². The second-order valence-electron chi connectivity index (χ2n) is 7.33. The molecule has 0 radical (unpaired) electrons. The summed E-state index contributed by atoms with van der Waals surface area (Å²) in [6, 6.07) is 4.67. The highest BCUT2D eigenvalue weighted by molar-refractivity contribution is 6.01. The van der Waals surface area contributed by atoms with E-state index in [2.05, 4.69) is 20.1 Å². The number of carbonyl (C=O) groups is 2. The van der Waals surface area contributed by atoms with Gasteiger partial charge in [-0.3, -0.25) is 9.79 Å². The minimum atomic E-state index is -0.644. The largest absolute Gasteiger partial charge is 0.453 e. The van der Waals surface area contributed by atoms with Crippen LogP contribution in [0.3, 0.4) is 0 Å². The molecule has 0 spiro atoms. The SMILES string of the molecule is COC(=O)N[C@H](C(=O)N1CCC[C@H]1C1=Nc2ccc(N=[N+]=[N-])cc2C1)C(C)C. The molecule has 2 amide bonds. The normalized spacial score (nSPS) is 18.9. The van der Waals surface area contributed by atoms with E-state index in [1.807, 2.05) is 30.9 Å². The van der Waals surface area contributed by atoms with Gasteiger partial charge in [0, 0.05) is 29.3 Å². The lowest BCUT2D eigenvalue weighted by Gasteiger charge is -2.30. The van der Waals surface area contributed by atoms with Crippen LogP contribution in [0.5, 0.6) is 0 Å². The molecule has 2 heterocycles. The molecule has 1 fully saturated rings. The molecule has 9 heteroatoms. The number of likely N-dealkylation sites (tertiary alicyclic amines) is 1. The quantitative estimate of drug-likeness (QED) is 0.474. The first-order chi connectivity index (χ1) is 13.4. The molecule has 28 heavy (non-hydrogen) atoms. The third kappa shape index (κ3) is 3.94. The van der Waals surface area contributed by atoms with E-state index in [-0.39, 0.29) is 17.9 Å². The number of ether oxygens (including phenoxy) is 1. The molecule has 2 aliphatic heterocycles. The number of benzene rings is 1. The number of rotatable bonds is 5. The highest BCUT2D eigenvalue weighted by Crippen LogP contribution is 2.34. The lowest BCUT2D eigenvalue weighted by molar-refractivity contribution is -0.134. The maximum Gasteiger partial charge on any atom is 0.407 e. The van der Waals surface area contributed by atoms with Gasteiger partial charge in [0.2, 0.25) is 5.91 Å². The topological polar surface area (TPSA) is 120 Å². The van der Waals surface area contributed by atoms with E-state index in [0.717, 1.165) is 29.8 Å². The van der Waals surface area contributed by atoms with Crippen molar-refractivity contribution in [2.45, 2.75) is 45.2 Å². The third-order valence-corrected chi connectivity index (χ3v) is 5.17. The summed E-state index contributed by atoms with van der Waals surface area (Å²) in [5.41, 5.74) is 11.9. The molecule has 0 bridgehead atoms. The van der Waals surface area contributed by atoms with Gasteiger partial charge in [0.15, 0.2) is 0 Å². The number of nitrogens with zero attached hydrogens (tertiary/aromatic N) is 5. The fourth-order valence-electron chi connectivity index (χ4n) is 3.77. The van der Waals surface area contributed by atoms with E-state index in [1.165, 1.54) is 7.11 Å². The summed E-state index contributed by atoms with van der Waals surface area (Å²) in [4.78, 5) is 34.2. The van der Waals surface area contributed by atoms with Crippen LogP contribution in [0, 0.1) is 5.92 Å². The second kappa shape index (κ2) is 8.31. The second-order valence-corrected chi connectivity index (χ2v) is 7.33. The number of carbonyl (C=O) groups excluding carboxylic acids is 2. The van der Waals surface area contributed by atoms with Crippen LogP contribution < -0.4 is 5.32 Å². The Hall–Kier alpha value is -3.06. The Morgan fingerprint density at radius 3 is 2.89 bits per heavy atom. The van der Waals surface area contributed by atoms with Crippen LogP contribution in [-0.4, -0.2) is 48.4 Å². The molecule has 1 aromatic carbocycles. The molecule has 1 N–H and O–H groups in total. The van der Waals surface area contributed by atoms with Crippen LogP contribution in [0.4, 0.5) is 16.2 Å². The van der Waals surface area contributed by atoms with Crippen molar-refractivity contribution in [2.24, 2.45) is 16.0 Å². The molecule has 0 aliphatic carbocycles. The van der Waals surface area contributed by atoms with Crippen molar-refractivity contribution in [2.75, 3.05) is 13.7 Å². The van der Waals surface area contributed by atoms with Crippen LogP contribution >= 0.6 is 0 Å². The number of azide groups is 1. The zero-order valence-corrected chi connectivity index (χ0v) is 16.3. The van der Waals surface area contributed by atoms with Gasteiger partial charge < -0.3 is 15.0 Å². The smallest absolute Gasteiger partial charge is 0.407 e. The van der Waals surface area contributed by atoms with Crippen molar-refractivity contribution in [1.29, 1.82) is 0 Å².